The van der Waals surface area contributed by atoms with E-state index in [4.69, 9.17) is 0 Å². The van der Waals surface area contributed by atoms with E-state index >= 15 is 0 Å². The number of hydrogen-bond donors (Lipinski definition) is 2. The number of carbonyl (C=O) groups is 1. The van der Waals surface area contributed by atoms with Gasteiger partial charge in [-0.1, -0.05) is 37.5 Å². The zero-order valence-electron chi connectivity index (χ0n) is 11.8. The van der Waals surface area contributed by atoms with Crippen molar-refractivity contribution in [3.63, 3.8) is 0 Å². The molecule has 0 radical (unpaired) electrons. The Hall–Kier alpha value is -2.17. The Morgan fingerprint density at radius 3 is 2.76 bits per heavy atom. The summed E-state index contributed by atoms with van der Waals surface area (Å²) < 4.78 is 0. The van der Waals surface area contributed by atoms with Crippen molar-refractivity contribution in [2.45, 2.75) is 38.1 Å². The lowest BCUT2D eigenvalue weighted by molar-refractivity contribution is -0.139. The summed E-state index contributed by atoms with van der Waals surface area (Å²) in [6.45, 7) is 0. The van der Waals surface area contributed by atoms with Crippen LogP contribution in [0.3, 0.4) is 0 Å². The first-order valence-corrected chi connectivity index (χ1v) is 7.45. The van der Waals surface area contributed by atoms with Crippen LogP contribution in [0.4, 0.5) is 5.69 Å². The van der Waals surface area contributed by atoms with Crippen LogP contribution < -0.4 is 5.32 Å². The van der Waals surface area contributed by atoms with E-state index in [9.17, 15) is 9.90 Å². The Bertz CT molecular complexity index is 633. The van der Waals surface area contributed by atoms with Crippen molar-refractivity contribution in [3.8, 4) is 0 Å². The lowest BCUT2D eigenvalue weighted by Gasteiger charge is -2.28. The number of aliphatic carboxylic acids is 1. The molecule has 1 unspecified atom stereocenters. The summed E-state index contributed by atoms with van der Waals surface area (Å²) in [5.74, 6) is -0.606. The first kappa shape index (κ1) is 13.8. The van der Waals surface area contributed by atoms with Crippen molar-refractivity contribution >= 4 is 22.6 Å². The lowest BCUT2D eigenvalue weighted by Crippen LogP contribution is -2.38. The molecular weight excluding hydrogens is 266 g/mol. The molecule has 1 saturated carbocycles. The normalized spacial score (nSPS) is 17.5. The van der Waals surface area contributed by atoms with Crippen LogP contribution in [0.15, 0.2) is 30.5 Å². The molecule has 110 valence electrons. The van der Waals surface area contributed by atoms with E-state index in [1.165, 1.54) is 6.42 Å². The average Bonchev–Trinajstić information content (AvgIpc) is 2.53. The summed E-state index contributed by atoms with van der Waals surface area (Å²) in [6.07, 6.45) is 7.00. The molecule has 1 heterocycles. The molecular formula is C16H19N3O2. The number of benzene rings is 1. The highest BCUT2D eigenvalue weighted by molar-refractivity contribution is 5.92. The van der Waals surface area contributed by atoms with Gasteiger partial charge < -0.3 is 10.4 Å². The van der Waals surface area contributed by atoms with E-state index in [-0.39, 0.29) is 5.92 Å². The Labute approximate surface area is 123 Å². The molecule has 1 aromatic heterocycles. The standard InChI is InChI=1S/C16H19N3O2/c20-16(21)15(11-6-2-1-3-7-11)18-14-10-17-19-13-9-5-4-8-12(13)14/h4-5,8-11,15H,1-3,6-7H2,(H,18,19)(H,20,21). The number of carboxylic acids is 1. The second kappa shape index (κ2) is 6.08. The third-order valence-electron chi connectivity index (χ3n) is 4.24. The minimum atomic E-state index is -0.789. The molecule has 2 aromatic rings. The SMILES string of the molecule is O=C(O)C(Nc1cnnc2ccccc12)C1CCCCC1. The van der Waals surface area contributed by atoms with Crippen molar-refractivity contribution in [2.75, 3.05) is 5.32 Å². The number of nitrogens with zero attached hydrogens (tertiary/aromatic N) is 2. The minimum absolute atomic E-state index is 0.183. The van der Waals surface area contributed by atoms with Gasteiger partial charge in [0.15, 0.2) is 0 Å². The Morgan fingerprint density at radius 2 is 2.00 bits per heavy atom. The summed E-state index contributed by atoms with van der Waals surface area (Å²) in [6, 6.07) is 7.08. The zero-order chi connectivity index (χ0) is 14.7. The van der Waals surface area contributed by atoms with Crippen LogP contribution in [-0.2, 0) is 4.79 Å². The van der Waals surface area contributed by atoms with Crippen molar-refractivity contribution in [1.82, 2.24) is 10.2 Å². The van der Waals surface area contributed by atoms with Gasteiger partial charge in [-0.05, 0) is 24.8 Å². The predicted molar refractivity (Wildman–Crippen MR) is 81.2 cm³/mol. The van der Waals surface area contributed by atoms with Crippen molar-refractivity contribution in [1.29, 1.82) is 0 Å². The first-order valence-electron chi connectivity index (χ1n) is 7.45. The van der Waals surface area contributed by atoms with E-state index in [0.717, 1.165) is 42.3 Å². The molecule has 5 heteroatoms. The second-order valence-electron chi connectivity index (χ2n) is 5.63. The van der Waals surface area contributed by atoms with Crippen LogP contribution in [0.5, 0.6) is 0 Å². The fourth-order valence-corrected chi connectivity index (χ4v) is 3.14. The summed E-state index contributed by atoms with van der Waals surface area (Å²) in [4.78, 5) is 11.6. The number of rotatable bonds is 4. The van der Waals surface area contributed by atoms with Gasteiger partial charge in [0, 0.05) is 5.39 Å². The highest BCUT2D eigenvalue weighted by atomic mass is 16.4. The van der Waals surface area contributed by atoms with Gasteiger partial charge in [0.2, 0.25) is 0 Å². The van der Waals surface area contributed by atoms with E-state index in [2.05, 4.69) is 15.5 Å². The molecule has 1 atom stereocenters. The average molecular weight is 285 g/mol. The van der Waals surface area contributed by atoms with Gasteiger partial charge in [-0.2, -0.15) is 10.2 Å². The van der Waals surface area contributed by atoms with Crippen LogP contribution in [0.2, 0.25) is 0 Å². The van der Waals surface area contributed by atoms with Crippen molar-refractivity contribution < 1.29 is 9.90 Å². The molecule has 1 fully saturated rings. The molecule has 3 rings (SSSR count). The van der Waals surface area contributed by atoms with Gasteiger partial charge in [0.1, 0.15) is 6.04 Å². The van der Waals surface area contributed by atoms with Gasteiger partial charge in [-0.3, -0.25) is 0 Å². The first-order chi connectivity index (χ1) is 10.3. The zero-order valence-corrected chi connectivity index (χ0v) is 11.8. The molecule has 0 amide bonds. The van der Waals surface area contributed by atoms with Crippen molar-refractivity contribution in [3.05, 3.63) is 30.5 Å². The van der Waals surface area contributed by atoms with Crippen molar-refractivity contribution in [2.24, 2.45) is 5.92 Å². The van der Waals surface area contributed by atoms with Crippen LogP contribution in [0.25, 0.3) is 10.9 Å². The molecule has 0 bridgehead atoms. The third kappa shape index (κ3) is 2.96. The topological polar surface area (TPSA) is 75.1 Å². The van der Waals surface area contributed by atoms with Crippen LogP contribution in [0.1, 0.15) is 32.1 Å². The van der Waals surface area contributed by atoms with E-state index in [0.29, 0.717) is 0 Å². The summed E-state index contributed by atoms with van der Waals surface area (Å²) >= 11 is 0. The lowest BCUT2D eigenvalue weighted by atomic mass is 9.84. The molecule has 1 aliphatic carbocycles. The van der Waals surface area contributed by atoms with E-state index in [1.54, 1.807) is 6.20 Å². The highest BCUT2D eigenvalue weighted by Gasteiger charge is 2.29. The maximum atomic E-state index is 11.6. The van der Waals surface area contributed by atoms with Gasteiger partial charge in [-0.15, -0.1) is 0 Å². The molecule has 5 nitrogen and oxygen atoms in total. The Morgan fingerprint density at radius 1 is 1.24 bits per heavy atom. The number of aromatic nitrogens is 2. The van der Waals surface area contributed by atoms with Gasteiger partial charge in [-0.25, -0.2) is 4.79 Å². The molecule has 1 aromatic carbocycles. The number of carboxylic acid groups (broad SMARTS) is 1. The van der Waals surface area contributed by atoms with Crippen LogP contribution in [0, 0.1) is 5.92 Å². The fourth-order valence-electron chi connectivity index (χ4n) is 3.14. The molecule has 2 N–H and O–H groups in total. The summed E-state index contributed by atoms with van der Waals surface area (Å²) in [5, 5.41) is 21.7. The van der Waals surface area contributed by atoms with Crippen LogP contribution in [-0.4, -0.2) is 27.3 Å². The second-order valence-corrected chi connectivity index (χ2v) is 5.63. The molecule has 0 saturated heterocycles. The quantitative estimate of drug-likeness (QED) is 0.903. The monoisotopic (exact) mass is 285 g/mol. The van der Waals surface area contributed by atoms with Gasteiger partial charge >= 0.3 is 5.97 Å². The highest BCUT2D eigenvalue weighted by Crippen LogP contribution is 2.29. The predicted octanol–water partition coefficient (Wildman–Crippen LogP) is 3.08. The fraction of sp³-hybridized carbons (Fsp3) is 0.438. The molecule has 0 aliphatic heterocycles. The van der Waals surface area contributed by atoms with Gasteiger partial charge in [0.05, 0.1) is 17.4 Å². The summed E-state index contributed by atoms with van der Waals surface area (Å²) in [7, 11) is 0. The Balaban J connectivity index is 1.89. The molecule has 1 aliphatic rings. The van der Waals surface area contributed by atoms with E-state index in [1.807, 2.05) is 24.3 Å². The maximum Gasteiger partial charge on any atom is 0.326 e. The number of hydrogen-bond acceptors (Lipinski definition) is 4. The number of anilines is 1. The minimum Gasteiger partial charge on any atom is -0.480 e. The largest absolute Gasteiger partial charge is 0.480 e. The molecule has 0 spiro atoms. The number of fused-ring (bicyclic) bond motifs is 1. The Kier molecular flexibility index (Phi) is 3.99. The van der Waals surface area contributed by atoms with E-state index < -0.39 is 12.0 Å². The summed E-state index contributed by atoms with van der Waals surface area (Å²) in [5.41, 5.74) is 1.52. The maximum absolute atomic E-state index is 11.6. The van der Waals surface area contributed by atoms with Gasteiger partial charge in [0.25, 0.3) is 0 Å². The third-order valence-corrected chi connectivity index (χ3v) is 4.24. The smallest absolute Gasteiger partial charge is 0.326 e. The number of nitrogens with one attached hydrogen (secondary N) is 1. The van der Waals surface area contributed by atoms with Crippen LogP contribution >= 0.6 is 0 Å². The molecule has 21 heavy (non-hydrogen) atoms.